The van der Waals surface area contributed by atoms with Crippen molar-refractivity contribution in [1.82, 2.24) is 9.80 Å². The van der Waals surface area contributed by atoms with Crippen molar-refractivity contribution in [2.45, 2.75) is 65.6 Å². The lowest BCUT2D eigenvalue weighted by Crippen LogP contribution is -2.47. The quantitative estimate of drug-likeness (QED) is 0.434. The Hall–Kier alpha value is -1.98. The van der Waals surface area contributed by atoms with Crippen LogP contribution in [0.25, 0.3) is 0 Å². The lowest BCUT2D eigenvalue weighted by Gasteiger charge is -2.28. The number of rotatable bonds is 7. The van der Waals surface area contributed by atoms with Crippen molar-refractivity contribution in [3.8, 4) is 0 Å². The van der Waals surface area contributed by atoms with E-state index in [-0.39, 0.29) is 5.91 Å². The SMILES string of the molecule is C/C=C(/Cl)C/C=C\C(C)OC(=O)N1CCCC1C(=O)N(C)Cc1ccc(Cl)cc1.CC. The van der Waals surface area contributed by atoms with Crippen molar-refractivity contribution in [1.29, 1.82) is 0 Å². The standard InChI is InChI=1S/C22H28Cl2N2O3.C2H6/c1-4-18(23)8-5-7-16(2)29-22(28)26-14-6-9-20(26)21(27)25(3)15-17-10-12-19(24)13-11-17;1-2/h4-5,7,10-13,16,20H,6,8-9,14-15H2,1-3H3;1-2H3/b7-5-,18-4+;. The van der Waals surface area contributed by atoms with Gasteiger partial charge in [0.05, 0.1) is 0 Å². The van der Waals surface area contributed by atoms with Crippen LogP contribution in [0.2, 0.25) is 5.02 Å². The Labute approximate surface area is 196 Å². The summed E-state index contributed by atoms with van der Waals surface area (Å²) in [4.78, 5) is 28.7. The van der Waals surface area contributed by atoms with Gasteiger partial charge in [0.15, 0.2) is 0 Å². The molecule has 2 rings (SSSR count). The van der Waals surface area contributed by atoms with E-state index < -0.39 is 18.2 Å². The fourth-order valence-corrected chi connectivity index (χ4v) is 3.41. The molecule has 0 aliphatic carbocycles. The molecule has 1 aliphatic heterocycles. The monoisotopic (exact) mass is 468 g/mol. The number of benzene rings is 1. The minimum absolute atomic E-state index is 0.0857. The van der Waals surface area contributed by atoms with Crippen LogP contribution < -0.4 is 0 Å². The maximum absolute atomic E-state index is 12.9. The molecule has 1 aromatic carbocycles. The molecule has 0 aromatic heterocycles. The molecule has 172 valence electrons. The lowest BCUT2D eigenvalue weighted by atomic mass is 10.1. The second-order valence-corrected chi connectivity index (χ2v) is 8.05. The summed E-state index contributed by atoms with van der Waals surface area (Å²) in [7, 11) is 1.75. The Balaban J connectivity index is 0.00000233. The highest BCUT2D eigenvalue weighted by molar-refractivity contribution is 6.30. The molecular formula is C24H34Cl2N2O3. The van der Waals surface area contributed by atoms with Gasteiger partial charge in [0, 0.05) is 36.6 Å². The topological polar surface area (TPSA) is 49.9 Å². The van der Waals surface area contributed by atoms with Gasteiger partial charge in [0.1, 0.15) is 12.1 Å². The van der Waals surface area contributed by atoms with Crippen molar-refractivity contribution in [3.05, 3.63) is 58.1 Å². The molecule has 0 radical (unpaired) electrons. The van der Waals surface area contributed by atoms with Crippen LogP contribution in [0, 0.1) is 0 Å². The molecule has 2 atom stereocenters. The fourth-order valence-electron chi connectivity index (χ4n) is 3.19. The molecule has 7 heteroatoms. The summed E-state index contributed by atoms with van der Waals surface area (Å²) in [5.41, 5.74) is 0.982. The van der Waals surface area contributed by atoms with Gasteiger partial charge in [-0.3, -0.25) is 9.69 Å². The molecule has 0 N–H and O–H groups in total. The van der Waals surface area contributed by atoms with Gasteiger partial charge in [-0.25, -0.2) is 4.79 Å². The minimum Gasteiger partial charge on any atom is -0.442 e. The number of amides is 2. The molecule has 0 bridgehead atoms. The van der Waals surface area contributed by atoms with E-state index in [1.807, 2.05) is 45.1 Å². The predicted molar refractivity (Wildman–Crippen MR) is 128 cm³/mol. The number of hydrogen-bond donors (Lipinski definition) is 0. The van der Waals surface area contributed by atoms with Crippen LogP contribution in [-0.4, -0.2) is 47.5 Å². The Bertz CT molecular complexity index is 763. The fraction of sp³-hybridized carbons (Fsp3) is 0.500. The summed E-state index contributed by atoms with van der Waals surface area (Å²) in [6.07, 6.45) is 6.64. The Morgan fingerprint density at radius 3 is 2.55 bits per heavy atom. The molecular weight excluding hydrogens is 435 g/mol. The van der Waals surface area contributed by atoms with Crippen molar-refractivity contribution >= 4 is 35.2 Å². The largest absolute Gasteiger partial charge is 0.442 e. The first-order valence-electron chi connectivity index (χ1n) is 10.8. The van der Waals surface area contributed by atoms with E-state index in [1.54, 1.807) is 37.1 Å². The summed E-state index contributed by atoms with van der Waals surface area (Å²) in [6.45, 7) is 8.64. The van der Waals surface area contributed by atoms with Crippen LogP contribution in [0.1, 0.15) is 52.5 Å². The molecule has 31 heavy (non-hydrogen) atoms. The molecule has 1 fully saturated rings. The predicted octanol–water partition coefficient (Wildman–Crippen LogP) is 6.40. The third-order valence-corrected chi connectivity index (χ3v) is 5.43. The maximum Gasteiger partial charge on any atom is 0.411 e. The highest BCUT2D eigenvalue weighted by atomic mass is 35.5. The summed E-state index contributed by atoms with van der Waals surface area (Å²) >= 11 is 11.9. The van der Waals surface area contributed by atoms with E-state index in [9.17, 15) is 9.59 Å². The molecule has 1 aliphatic rings. The third kappa shape index (κ3) is 8.96. The zero-order chi connectivity index (χ0) is 23.4. The number of carbonyl (C=O) groups is 2. The summed E-state index contributed by atoms with van der Waals surface area (Å²) in [5, 5.41) is 1.39. The Morgan fingerprint density at radius 2 is 1.94 bits per heavy atom. The third-order valence-electron chi connectivity index (χ3n) is 4.80. The number of carbonyl (C=O) groups excluding carboxylic acids is 2. The van der Waals surface area contributed by atoms with E-state index in [0.717, 1.165) is 17.0 Å². The van der Waals surface area contributed by atoms with Crippen molar-refractivity contribution in [2.75, 3.05) is 13.6 Å². The smallest absolute Gasteiger partial charge is 0.411 e. The molecule has 2 amide bonds. The van der Waals surface area contributed by atoms with E-state index in [4.69, 9.17) is 27.9 Å². The first-order chi connectivity index (χ1) is 14.8. The highest BCUT2D eigenvalue weighted by Crippen LogP contribution is 2.22. The van der Waals surface area contributed by atoms with E-state index in [2.05, 4.69) is 0 Å². The zero-order valence-corrected chi connectivity index (χ0v) is 20.6. The summed E-state index contributed by atoms with van der Waals surface area (Å²) in [5.74, 6) is -0.0857. The van der Waals surface area contributed by atoms with E-state index in [0.29, 0.717) is 31.0 Å². The summed E-state index contributed by atoms with van der Waals surface area (Å²) < 4.78 is 5.49. The first kappa shape index (κ1) is 27.1. The van der Waals surface area contributed by atoms with Gasteiger partial charge in [0.25, 0.3) is 0 Å². The second kappa shape index (κ2) is 14.2. The lowest BCUT2D eigenvalue weighted by molar-refractivity contribution is -0.134. The van der Waals surface area contributed by atoms with Crippen molar-refractivity contribution in [2.24, 2.45) is 0 Å². The van der Waals surface area contributed by atoms with Crippen LogP contribution in [0.5, 0.6) is 0 Å². The second-order valence-electron chi connectivity index (χ2n) is 7.13. The number of hydrogen-bond acceptors (Lipinski definition) is 3. The van der Waals surface area contributed by atoms with E-state index >= 15 is 0 Å². The highest BCUT2D eigenvalue weighted by Gasteiger charge is 2.37. The van der Waals surface area contributed by atoms with E-state index in [1.165, 1.54) is 4.90 Å². The Morgan fingerprint density at radius 1 is 1.29 bits per heavy atom. The zero-order valence-electron chi connectivity index (χ0n) is 19.1. The summed E-state index contributed by atoms with van der Waals surface area (Å²) in [6, 6.07) is 6.88. The molecule has 2 unspecified atom stereocenters. The Kier molecular flexibility index (Phi) is 12.4. The molecule has 5 nitrogen and oxygen atoms in total. The molecule has 1 heterocycles. The number of likely N-dealkylation sites (tertiary alicyclic amines) is 1. The number of ether oxygens (including phenoxy) is 1. The number of likely N-dealkylation sites (N-methyl/N-ethyl adjacent to an activating group) is 1. The van der Waals surface area contributed by atoms with Crippen LogP contribution >= 0.6 is 23.2 Å². The minimum atomic E-state index is -0.492. The molecule has 1 aromatic rings. The number of nitrogens with zero attached hydrogens (tertiary/aromatic N) is 2. The first-order valence-corrected chi connectivity index (χ1v) is 11.5. The van der Waals surface area contributed by atoms with Crippen LogP contribution in [0.3, 0.4) is 0 Å². The van der Waals surface area contributed by atoms with Crippen LogP contribution in [-0.2, 0) is 16.1 Å². The molecule has 0 spiro atoms. The van der Waals surface area contributed by atoms with Gasteiger partial charge < -0.3 is 9.64 Å². The van der Waals surface area contributed by atoms with Gasteiger partial charge in [0.2, 0.25) is 5.91 Å². The molecule has 1 saturated heterocycles. The average Bonchev–Trinajstić information content (AvgIpc) is 3.26. The van der Waals surface area contributed by atoms with Gasteiger partial charge in [-0.05, 0) is 50.5 Å². The number of halogens is 2. The number of allylic oxidation sites excluding steroid dienone is 3. The van der Waals surface area contributed by atoms with Crippen LogP contribution in [0.15, 0.2) is 47.5 Å². The van der Waals surface area contributed by atoms with Gasteiger partial charge in [-0.2, -0.15) is 0 Å². The maximum atomic E-state index is 12.9. The van der Waals surface area contributed by atoms with Crippen molar-refractivity contribution in [3.63, 3.8) is 0 Å². The van der Waals surface area contributed by atoms with Crippen molar-refractivity contribution < 1.29 is 14.3 Å². The van der Waals surface area contributed by atoms with Gasteiger partial charge in [-0.15, -0.1) is 0 Å². The van der Waals surface area contributed by atoms with Gasteiger partial charge in [-0.1, -0.05) is 61.3 Å². The average molecular weight is 469 g/mol. The van der Waals surface area contributed by atoms with Crippen LogP contribution in [0.4, 0.5) is 4.79 Å². The normalized spacial score (nSPS) is 17.2. The van der Waals surface area contributed by atoms with Gasteiger partial charge >= 0.3 is 6.09 Å². The molecule has 0 saturated carbocycles.